The molecule has 122 valence electrons. The van der Waals surface area contributed by atoms with Crippen LogP contribution in [0.1, 0.15) is 5.56 Å². The number of benzene rings is 3. The maximum atomic E-state index is 12.5. The lowest BCUT2D eigenvalue weighted by Gasteiger charge is -2.10. The molecule has 24 heavy (non-hydrogen) atoms. The molecule has 0 heterocycles. The Morgan fingerprint density at radius 2 is 1.46 bits per heavy atom. The van der Waals surface area contributed by atoms with Crippen molar-refractivity contribution < 1.29 is 13.5 Å². The monoisotopic (exact) mass is 339 g/mol. The summed E-state index contributed by atoms with van der Waals surface area (Å²) in [4.78, 5) is 0.188. The Morgan fingerprint density at radius 3 is 2.08 bits per heavy atom. The van der Waals surface area contributed by atoms with Crippen molar-refractivity contribution in [1.82, 2.24) is 0 Å². The Labute approximate surface area is 141 Å². The van der Waals surface area contributed by atoms with Gasteiger partial charge in [0.25, 0.3) is 10.0 Å². The highest BCUT2D eigenvalue weighted by Crippen LogP contribution is 2.24. The van der Waals surface area contributed by atoms with Crippen LogP contribution in [0.5, 0.6) is 5.75 Å². The van der Waals surface area contributed by atoms with Gasteiger partial charge in [-0.05, 0) is 53.9 Å². The molecule has 3 aromatic rings. The van der Waals surface area contributed by atoms with Gasteiger partial charge in [-0.25, -0.2) is 8.42 Å². The van der Waals surface area contributed by atoms with E-state index in [2.05, 4.69) is 4.72 Å². The second kappa shape index (κ2) is 6.37. The Balaban J connectivity index is 1.86. The maximum absolute atomic E-state index is 12.5. The van der Waals surface area contributed by atoms with Gasteiger partial charge < -0.3 is 5.11 Å². The van der Waals surface area contributed by atoms with Crippen molar-refractivity contribution >= 4 is 15.7 Å². The van der Waals surface area contributed by atoms with E-state index in [0.717, 1.165) is 11.1 Å². The van der Waals surface area contributed by atoms with Crippen LogP contribution in [-0.2, 0) is 10.0 Å². The van der Waals surface area contributed by atoms with Crippen molar-refractivity contribution in [3.05, 3.63) is 78.4 Å². The van der Waals surface area contributed by atoms with E-state index in [1.165, 1.54) is 12.1 Å². The summed E-state index contributed by atoms with van der Waals surface area (Å²) < 4.78 is 27.5. The molecule has 2 N–H and O–H groups in total. The van der Waals surface area contributed by atoms with Crippen LogP contribution < -0.4 is 4.72 Å². The SMILES string of the molecule is Cc1cc(NS(=O)(=O)c2ccc(-c3ccccc3)cc2)ccc1O. The number of phenolic OH excluding ortho intramolecular Hbond substituents is 1. The smallest absolute Gasteiger partial charge is 0.261 e. The maximum Gasteiger partial charge on any atom is 0.261 e. The third kappa shape index (κ3) is 3.41. The number of anilines is 1. The minimum absolute atomic E-state index is 0.130. The summed E-state index contributed by atoms with van der Waals surface area (Å²) in [7, 11) is -3.67. The van der Waals surface area contributed by atoms with E-state index < -0.39 is 10.0 Å². The molecule has 5 heteroatoms. The van der Waals surface area contributed by atoms with Gasteiger partial charge in [-0.3, -0.25) is 4.72 Å². The molecule has 3 rings (SSSR count). The highest BCUT2D eigenvalue weighted by atomic mass is 32.2. The van der Waals surface area contributed by atoms with Crippen molar-refractivity contribution in [1.29, 1.82) is 0 Å². The lowest BCUT2D eigenvalue weighted by atomic mass is 10.1. The van der Waals surface area contributed by atoms with E-state index in [9.17, 15) is 13.5 Å². The first-order valence-corrected chi connectivity index (χ1v) is 8.92. The zero-order valence-corrected chi connectivity index (χ0v) is 13.9. The van der Waals surface area contributed by atoms with Gasteiger partial charge in [-0.1, -0.05) is 42.5 Å². The topological polar surface area (TPSA) is 66.4 Å². The second-order valence-electron chi connectivity index (χ2n) is 5.50. The van der Waals surface area contributed by atoms with Gasteiger partial charge in [0.05, 0.1) is 4.90 Å². The summed E-state index contributed by atoms with van der Waals surface area (Å²) in [6.07, 6.45) is 0. The predicted molar refractivity (Wildman–Crippen MR) is 95.5 cm³/mol. The molecule has 0 aliphatic heterocycles. The summed E-state index contributed by atoms with van der Waals surface area (Å²) in [5.41, 5.74) is 3.01. The quantitative estimate of drug-likeness (QED) is 0.701. The Kier molecular flexibility index (Phi) is 4.27. The first-order chi connectivity index (χ1) is 11.5. The molecule has 0 fully saturated rings. The summed E-state index contributed by atoms with van der Waals surface area (Å²) >= 11 is 0. The van der Waals surface area contributed by atoms with Crippen LogP contribution in [0.25, 0.3) is 11.1 Å². The van der Waals surface area contributed by atoms with Crippen LogP contribution in [0, 0.1) is 6.92 Å². The second-order valence-corrected chi connectivity index (χ2v) is 7.18. The average molecular weight is 339 g/mol. The van der Waals surface area contributed by atoms with Gasteiger partial charge in [0.1, 0.15) is 5.75 Å². The third-order valence-electron chi connectivity index (χ3n) is 3.72. The minimum Gasteiger partial charge on any atom is -0.508 e. The molecule has 0 atom stereocenters. The number of aromatic hydroxyl groups is 1. The van der Waals surface area contributed by atoms with Gasteiger partial charge >= 0.3 is 0 Å². The molecule has 0 spiro atoms. The van der Waals surface area contributed by atoms with E-state index in [0.29, 0.717) is 11.3 Å². The lowest BCUT2D eigenvalue weighted by molar-refractivity contribution is 0.471. The number of nitrogens with one attached hydrogen (secondary N) is 1. The molecule has 0 radical (unpaired) electrons. The fourth-order valence-corrected chi connectivity index (χ4v) is 3.44. The first-order valence-electron chi connectivity index (χ1n) is 7.44. The van der Waals surface area contributed by atoms with Gasteiger partial charge in [0, 0.05) is 5.69 Å². The van der Waals surface area contributed by atoms with Crippen LogP contribution in [0.4, 0.5) is 5.69 Å². The van der Waals surface area contributed by atoms with Crippen molar-refractivity contribution in [3.8, 4) is 16.9 Å². The third-order valence-corrected chi connectivity index (χ3v) is 5.12. The molecule has 0 aliphatic carbocycles. The van der Waals surface area contributed by atoms with E-state index in [1.807, 2.05) is 30.3 Å². The standard InChI is InChI=1S/C19H17NO3S/c1-14-13-17(9-12-19(14)21)20-24(22,23)18-10-7-16(8-11-18)15-5-3-2-4-6-15/h2-13,20-21H,1H3. The molecule has 0 unspecified atom stereocenters. The van der Waals surface area contributed by atoms with E-state index >= 15 is 0 Å². The molecule has 0 bridgehead atoms. The zero-order valence-electron chi connectivity index (χ0n) is 13.1. The number of rotatable bonds is 4. The predicted octanol–water partition coefficient (Wildman–Crippen LogP) is 4.17. The summed E-state index contributed by atoms with van der Waals surface area (Å²) in [6.45, 7) is 1.71. The van der Waals surface area contributed by atoms with Crippen molar-refractivity contribution in [2.24, 2.45) is 0 Å². The van der Waals surface area contributed by atoms with Gasteiger partial charge in [-0.2, -0.15) is 0 Å². The van der Waals surface area contributed by atoms with Gasteiger partial charge in [-0.15, -0.1) is 0 Å². The van der Waals surface area contributed by atoms with Crippen LogP contribution in [0.15, 0.2) is 77.7 Å². The Bertz CT molecular complexity index is 950. The number of phenols is 1. The lowest BCUT2D eigenvalue weighted by Crippen LogP contribution is -2.12. The summed E-state index contributed by atoms with van der Waals surface area (Å²) in [6, 6.07) is 21.1. The molecular formula is C19H17NO3S. The highest BCUT2D eigenvalue weighted by Gasteiger charge is 2.14. The molecule has 3 aromatic carbocycles. The largest absolute Gasteiger partial charge is 0.508 e. The zero-order chi connectivity index (χ0) is 17.2. The Hall–Kier alpha value is -2.79. The molecule has 0 saturated carbocycles. The van der Waals surface area contributed by atoms with Gasteiger partial charge in [0.2, 0.25) is 0 Å². The van der Waals surface area contributed by atoms with Crippen LogP contribution in [0.3, 0.4) is 0 Å². The molecule has 0 aromatic heterocycles. The normalized spacial score (nSPS) is 11.2. The molecule has 0 aliphatic rings. The number of aryl methyl sites for hydroxylation is 1. The average Bonchev–Trinajstić information content (AvgIpc) is 2.59. The molecular weight excluding hydrogens is 322 g/mol. The fraction of sp³-hybridized carbons (Fsp3) is 0.0526. The van der Waals surface area contributed by atoms with E-state index in [1.54, 1.807) is 37.3 Å². The molecule has 4 nitrogen and oxygen atoms in total. The first kappa shape index (κ1) is 16.1. The van der Waals surface area contributed by atoms with Crippen LogP contribution in [0.2, 0.25) is 0 Å². The molecule has 0 amide bonds. The number of hydrogen-bond donors (Lipinski definition) is 2. The number of sulfonamides is 1. The minimum atomic E-state index is -3.67. The molecule has 0 saturated heterocycles. The van der Waals surface area contributed by atoms with Crippen LogP contribution >= 0.6 is 0 Å². The summed E-state index contributed by atoms with van der Waals surface area (Å²) in [5.74, 6) is 0.130. The van der Waals surface area contributed by atoms with Gasteiger partial charge in [0.15, 0.2) is 0 Å². The van der Waals surface area contributed by atoms with Crippen molar-refractivity contribution in [3.63, 3.8) is 0 Å². The fourth-order valence-electron chi connectivity index (χ4n) is 2.39. The van der Waals surface area contributed by atoms with Crippen LogP contribution in [-0.4, -0.2) is 13.5 Å². The van der Waals surface area contributed by atoms with Crippen molar-refractivity contribution in [2.45, 2.75) is 11.8 Å². The van der Waals surface area contributed by atoms with E-state index in [-0.39, 0.29) is 10.6 Å². The Morgan fingerprint density at radius 1 is 0.833 bits per heavy atom. The van der Waals surface area contributed by atoms with Crippen molar-refractivity contribution in [2.75, 3.05) is 4.72 Å². The highest BCUT2D eigenvalue weighted by molar-refractivity contribution is 7.92. The summed E-state index contributed by atoms with van der Waals surface area (Å²) in [5, 5.41) is 9.52. The number of hydrogen-bond acceptors (Lipinski definition) is 3. The van der Waals surface area contributed by atoms with E-state index in [4.69, 9.17) is 0 Å².